The van der Waals surface area contributed by atoms with Crippen molar-refractivity contribution in [2.24, 2.45) is 0 Å². The van der Waals surface area contributed by atoms with Crippen LogP contribution in [0.3, 0.4) is 0 Å². The van der Waals surface area contributed by atoms with Gasteiger partial charge in [-0.2, -0.15) is 0 Å². The monoisotopic (exact) mass is 814 g/mol. The average Bonchev–Trinajstić information content (AvgIpc) is 3.61. The predicted molar refractivity (Wildman–Crippen MR) is 238 cm³/mol. The molecule has 3 aliphatic rings. The molecule has 290 valence electrons. The summed E-state index contributed by atoms with van der Waals surface area (Å²) in [7, 11) is -1.27. The molecule has 0 N–H and O–H groups in total. The minimum absolute atomic E-state index is 0.314. The highest BCUT2D eigenvalue weighted by atomic mass is 79.9. The summed E-state index contributed by atoms with van der Waals surface area (Å²) in [5, 5.41) is 10.2. The van der Waals surface area contributed by atoms with Gasteiger partial charge in [0.1, 0.15) is 0 Å². The summed E-state index contributed by atoms with van der Waals surface area (Å²) in [5.74, 6) is 0. The largest absolute Gasteiger partial charge is 0.494 e. The van der Waals surface area contributed by atoms with Gasteiger partial charge in [-0.15, -0.1) is 0 Å². The zero-order valence-electron chi connectivity index (χ0n) is 35.0. The fourth-order valence-corrected chi connectivity index (χ4v) is 7.48. The van der Waals surface area contributed by atoms with E-state index in [0.717, 1.165) is 9.94 Å². The van der Waals surface area contributed by atoms with Crippen LogP contribution in [0.15, 0.2) is 114 Å². The van der Waals surface area contributed by atoms with Gasteiger partial charge in [-0.05, 0) is 144 Å². The fraction of sp³-hybridized carbons (Fsp3) is 0.391. The Hall–Kier alpha value is -3.21. The van der Waals surface area contributed by atoms with E-state index < -0.39 is 14.0 Å². The van der Waals surface area contributed by atoms with Gasteiger partial charge >= 0.3 is 21.1 Å². The Labute approximate surface area is 342 Å². The van der Waals surface area contributed by atoms with Gasteiger partial charge in [0.05, 0.1) is 33.6 Å². The maximum Gasteiger partial charge on any atom is 0.494 e. The molecular weight excluding hydrogens is 761 g/mol. The Morgan fingerprint density at radius 3 is 1.11 bits per heavy atom. The minimum atomic E-state index is -0.476. The van der Waals surface area contributed by atoms with Crippen LogP contribution in [0.2, 0.25) is 0 Å². The standard InChI is InChI=1S/C20H21BO2.C14H9Br.C12H24B2O4/c1-19(2)20(3,4)23-21(22-19)16-12-11-15-10-9-14-7-5-6-8-17(14)18(15)13-16;15-12-8-7-11-6-5-10-3-1-2-4-13(10)14(11)9-12;1-9(2)10(3,4)16-13(15-9)14-17-11(5,6)12(7,8)18-14/h5-13H,1-4H3;1-9H;1-8H3. The van der Waals surface area contributed by atoms with E-state index in [0.29, 0.717) is 0 Å². The molecule has 0 atom stereocenters. The van der Waals surface area contributed by atoms with Gasteiger partial charge in [-0.25, -0.2) is 0 Å². The van der Waals surface area contributed by atoms with Gasteiger partial charge in [0.15, 0.2) is 0 Å². The highest BCUT2D eigenvalue weighted by Gasteiger charge is 2.63. The van der Waals surface area contributed by atoms with Crippen molar-refractivity contribution >= 4 is 85.6 Å². The van der Waals surface area contributed by atoms with Crippen molar-refractivity contribution in [3.05, 3.63) is 114 Å². The zero-order chi connectivity index (χ0) is 40.5. The smallest absolute Gasteiger partial charge is 0.405 e. The molecule has 9 rings (SSSR count). The number of fused-ring (bicyclic) bond motifs is 6. The van der Waals surface area contributed by atoms with Crippen molar-refractivity contribution in [1.82, 2.24) is 0 Å². The summed E-state index contributed by atoms with van der Waals surface area (Å²) in [6.07, 6.45) is 0. The summed E-state index contributed by atoms with van der Waals surface area (Å²) in [6, 6.07) is 38.5. The summed E-state index contributed by atoms with van der Waals surface area (Å²) < 4.78 is 37.4. The highest BCUT2D eigenvalue weighted by molar-refractivity contribution is 9.10. The van der Waals surface area contributed by atoms with Gasteiger partial charge < -0.3 is 27.9 Å². The van der Waals surface area contributed by atoms with Crippen molar-refractivity contribution in [3.8, 4) is 0 Å². The topological polar surface area (TPSA) is 55.4 Å². The van der Waals surface area contributed by atoms with Gasteiger partial charge in [0.25, 0.3) is 0 Å². The maximum absolute atomic E-state index is 6.19. The van der Waals surface area contributed by atoms with Crippen molar-refractivity contribution in [2.75, 3.05) is 0 Å². The van der Waals surface area contributed by atoms with Crippen molar-refractivity contribution in [1.29, 1.82) is 0 Å². The Morgan fingerprint density at radius 1 is 0.357 bits per heavy atom. The molecule has 6 nitrogen and oxygen atoms in total. The summed E-state index contributed by atoms with van der Waals surface area (Å²) in [5.41, 5.74) is -0.991. The van der Waals surface area contributed by atoms with Crippen LogP contribution in [0.25, 0.3) is 43.1 Å². The second kappa shape index (κ2) is 14.6. The first-order valence-electron chi connectivity index (χ1n) is 19.7. The lowest BCUT2D eigenvalue weighted by Crippen LogP contribution is -2.41. The quantitative estimate of drug-likeness (QED) is 0.128. The van der Waals surface area contributed by atoms with Crippen LogP contribution in [-0.2, 0) is 27.9 Å². The Kier molecular flexibility index (Phi) is 10.7. The SMILES string of the molecule is Brc1ccc2ccc3ccccc3c2c1.CC1(C)OB(B2OC(C)(C)C(C)(C)O2)OC1(C)C.CC1(C)OB(c2ccc3ccc4ccccc4c3c2)OC1(C)C. The van der Waals surface area contributed by atoms with E-state index in [1.54, 1.807) is 0 Å². The first-order chi connectivity index (χ1) is 26.1. The molecular formula is C46H54B3BrO6. The van der Waals surface area contributed by atoms with Gasteiger partial charge in [-0.3, -0.25) is 0 Å². The molecule has 0 unspecified atom stereocenters. The normalized spacial score (nSPS) is 21.3. The van der Waals surface area contributed by atoms with Crippen molar-refractivity contribution in [2.45, 2.75) is 117 Å². The molecule has 0 aliphatic carbocycles. The first kappa shape index (κ1) is 41.0. The minimum Gasteiger partial charge on any atom is -0.405 e. The van der Waals surface area contributed by atoms with E-state index >= 15 is 0 Å². The summed E-state index contributed by atoms with van der Waals surface area (Å²) in [4.78, 5) is 0. The molecule has 3 aliphatic heterocycles. The highest BCUT2D eigenvalue weighted by Crippen LogP contribution is 2.43. The van der Waals surface area contributed by atoms with Crippen LogP contribution in [0, 0.1) is 0 Å². The predicted octanol–water partition coefficient (Wildman–Crippen LogP) is 11.3. The van der Waals surface area contributed by atoms with E-state index in [9.17, 15) is 0 Å². The molecule has 3 heterocycles. The summed E-state index contributed by atoms with van der Waals surface area (Å²) >= 11 is 3.52. The number of halogens is 1. The third-order valence-electron chi connectivity index (χ3n) is 12.8. The fourth-order valence-electron chi connectivity index (χ4n) is 7.12. The van der Waals surface area contributed by atoms with E-state index in [4.69, 9.17) is 27.9 Å². The number of hydrogen-bond donors (Lipinski definition) is 0. The molecule has 3 fully saturated rings. The van der Waals surface area contributed by atoms with Gasteiger partial charge in [0.2, 0.25) is 0 Å². The van der Waals surface area contributed by atoms with E-state index in [1.165, 1.54) is 43.1 Å². The van der Waals surface area contributed by atoms with E-state index in [-0.39, 0.29) is 40.7 Å². The molecule has 6 aromatic rings. The number of rotatable bonds is 2. The Morgan fingerprint density at radius 2 is 0.679 bits per heavy atom. The molecule has 10 heteroatoms. The third-order valence-corrected chi connectivity index (χ3v) is 13.3. The average molecular weight is 815 g/mol. The van der Waals surface area contributed by atoms with E-state index in [2.05, 4.69) is 153 Å². The molecule has 0 spiro atoms. The molecule has 0 radical (unpaired) electrons. The third kappa shape index (κ3) is 7.71. The lowest BCUT2D eigenvalue weighted by atomic mass is 9.49. The van der Waals surface area contributed by atoms with Gasteiger partial charge in [0, 0.05) is 4.47 Å². The molecule has 3 saturated heterocycles. The van der Waals surface area contributed by atoms with Crippen LogP contribution in [0.5, 0.6) is 0 Å². The van der Waals surface area contributed by atoms with Crippen molar-refractivity contribution < 1.29 is 27.9 Å². The summed E-state index contributed by atoms with van der Waals surface area (Å²) in [6.45, 7) is 24.6. The Balaban J connectivity index is 0.000000132. The zero-order valence-corrected chi connectivity index (χ0v) is 36.5. The molecule has 0 bridgehead atoms. The molecule has 0 amide bonds. The van der Waals surface area contributed by atoms with Gasteiger partial charge in [-0.1, -0.05) is 113 Å². The second-order valence-corrected chi connectivity index (χ2v) is 19.2. The second-order valence-electron chi connectivity index (χ2n) is 18.3. The maximum atomic E-state index is 6.19. The van der Waals surface area contributed by atoms with Crippen molar-refractivity contribution in [3.63, 3.8) is 0 Å². The molecule has 0 saturated carbocycles. The molecule has 56 heavy (non-hydrogen) atoms. The Bertz CT molecular complexity index is 2330. The van der Waals surface area contributed by atoms with Crippen LogP contribution in [0.1, 0.15) is 83.1 Å². The first-order valence-corrected chi connectivity index (χ1v) is 20.4. The van der Waals surface area contributed by atoms with Crippen LogP contribution >= 0.6 is 15.9 Å². The molecule has 0 aromatic heterocycles. The van der Waals surface area contributed by atoms with Crippen LogP contribution in [0.4, 0.5) is 0 Å². The van der Waals surface area contributed by atoms with Crippen LogP contribution < -0.4 is 5.46 Å². The lowest BCUT2D eigenvalue weighted by Gasteiger charge is -2.32. The van der Waals surface area contributed by atoms with Crippen LogP contribution in [-0.4, -0.2) is 54.7 Å². The lowest BCUT2D eigenvalue weighted by molar-refractivity contribution is 0.00578. The number of benzene rings is 6. The van der Waals surface area contributed by atoms with E-state index in [1.807, 2.05) is 55.4 Å². The number of hydrogen-bond acceptors (Lipinski definition) is 6. The molecule has 6 aromatic carbocycles.